The minimum Gasteiger partial charge on any atom is -0.380 e. The van der Waals surface area contributed by atoms with Crippen LogP contribution in [0, 0.1) is 0 Å². The molecular weight excluding hydrogens is 370 g/mol. The molecular formula is C18H22ClN5OS. The summed E-state index contributed by atoms with van der Waals surface area (Å²) in [7, 11) is 0. The molecule has 0 unspecified atom stereocenters. The highest BCUT2D eigenvalue weighted by atomic mass is 35.5. The first-order valence-electron chi connectivity index (χ1n) is 8.90. The van der Waals surface area contributed by atoms with Crippen LogP contribution in [0.3, 0.4) is 0 Å². The van der Waals surface area contributed by atoms with Crippen molar-refractivity contribution in [2.24, 2.45) is 0 Å². The fraction of sp³-hybridized carbons (Fsp3) is 0.444. The Balaban J connectivity index is 1.41. The lowest BCUT2D eigenvalue weighted by Crippen LogP contribution is -2.47. The van der Waals surface area contributed by atoms with Gasteiger partial charge >= 0.3 is 0 Å². The molecule has 0 bridgehead atoms. The molecule has 0 atom stereocenters. The number of ether oxygens (including phenoxy) is 1. The van der Waals surface area contributed by atoms with Crippen LogP contribution in [0.2, 0.25) is 5.02 Å². The molecule has 138 valence electrons. The van der Waals surface area contributed by atoms with Crippen LogP contribution in [0.1, 0.15) is 6.92 Å². The summed E-state index contributed by atoms with van der Waals surface area (Å²) in [5.74, 6) is 0. The SMILES string of the molecule is CCOCCN1CCN(c2nn3cc(-c4ccc(Cl)cc4)nc3s2)CC1. The van der Waals surface area contributed by atoms with E-state index in [1.807, 2.05) is 41.9 Å². The van der Waals surface area contributed by atoms with Crippen molar-refractivity contribution < 1.29 is 4.74 Å². The van der Waals surface area contributed by atoms with E-state index in [-0.39, 0.29) is 0 Å². The zero-order valence-electron chi connectivity index (χ0n) is 14.8. The van der Waals surface area contributed by atoms with E-state index >= 15 is 0 Å². The number of halogens is 1. The van der Waals surface area contributed by atoms with Gasteiger partial charge < -0.3 is 9.64 Å². The quantitative estimate of drug-likeness (QED) is 0.603. The summed E-state index contributed by atoms with van der Waals surface area (Å²) in [6.07, 6.45) is 1.98. The fourth-order valence-corrected chi connectivity index (χ4v) is 4.14. The second kappa shape index (κ2) is 7.92. The molecule has 3 heterocycles. The predicted octanol–water partition coefficient (Wildman–Crippen LogP) is 3.27. The van der Waals surface area contributed by atoms with E-state index in [0.717, 1.165) is 72.3 Å². The molecule has 1 fully saturated rings. The van der Waals surface area contributed by atoms with Crippen LogP contribution in [0.5, 0.6) is 0 Å². The van der Waals surface area contributed by atoms with Crippen LogP contribution >= 0.6 is 22.9 Å². The van der Waals surface area contributed by atoms with Gasteiger partial charge in [0, 0.05) is 49.9 Å². The first-order valence-corrected chi connectivity index (χ1v) is 10.1. The van der Waals surface area contributed by atoms with Crippen molar-refractivity contribution >= 4 is 33.0 Å². The van der Waals surface area contributed by atoms with Crippen LogP contribution in [0.15, 0.2) is 30.5 Å². The van der Waals surface area contributed by atoms with Crippen molar-refractivity contribution in [3.63, 3.8) is 0 Å². The van der Waals surface area contributed by atoms with Crippen LogP contribution < -0.4 is 4.90 Å². The summed E-state index contributed by atoms with van der Waals surface area (Å²) in [5.41, 5.74) is 1.98. The Labute approximate surface area is 162 Å². The predicted molar refractivity (Wildman–Crippen MR) is 106 cm³/mol. The Bertz CT molecular complexity index is 823. The van der Waals surface area contributed by atoms with E-state index in [9.17, 15) is 0 Å². The second-order valence-electron chi connectivity index (χ2n) is 6.27. The lowest BCUT2D eigenvalue weighted by molar-refractivity contribution is 0.111. The Morgan fingerprint density at radius 2 is 1.92 bits per heavy atom. The molecule has 8 heteroatoms. The number of hydrogen-bond donors (Lipinski definition) is 0. The maximum atomic E-state index is 5.96. The molecule has 0 spiro atoms. The first kappa shape index (κ1) is 17.7. The molecule has 0 N–H and O–H groups in total. The molecule has 4 rings (SSSR count). The van der Waals surface area contributed by atoms with E-state index in [1.54, 1.807) is 11.3 Å². The van der Waals surface area contributed by atoms with Crippen LogP contribution in [-0.4, -0.2) is 65.4 Å². The number of piperazine rings is 1. The zero-order chi connectivity index (χ0) is 17.9. The number of hydrogen-bond acceptors (Lipinski definition) is 6. The lowest BCUT2D eigenvalue weighted by Gasteiger charge is -2.34. The third kappa shape index (κ3) is 3.86. The summed E-state index contributed by atoms with van der Waals surface area (Å²) in [6.45, 7) is 8.73. The van der Waals surface area contributed by atoms with Gasteiger partial charge in [-0.2, -0.15) is 0 Å². The van der Waals surface area contributed by atoms with Gasteiger partial charge in [-0.15, -0.1) is 5.10 Å². The van der Waals surface area contributed by atoms with Crippen molar-refractivity contribution in [2.45, 2.75) is 6.92 Å². The van der Waals surface area contributed by atoms with Gasteiger partial charge in [0.25, 0.3) is 0 Å². The van der Waals surface area contributed by atoms with Gasteiger partial charge in [-0.25, -0.2) is 9.50 Å². The van der Waals surface area contributed by atoms with E-state index in [1.165, 1.54) is 0 Å². The van der Waals surface area contributed by atoms with Crippen molar-refractivity contribution in [3.8, 4) is 11.3 Å². The maximum absolute atomic E-state index is 5.96. The summed E-state index contributed by atoms with van der Waals surface area (Å²) in [6, 6.07) is 7.73. The molecule has 1 aromatic carbocycles. The van der Waals surface area contributed by atoms with Gasteiger partial charge in [0.2, 0.25) is 10.1 Å². The van der Waals surface area contributed by atoms with Crippen molar-refractivity contribution in [1.82, 2.24) is 19.5 Å². The van der Waals surface area contributed by atoms with E-state index in [0.29, 0.717) is 0 Å². The highest BCUT2D eigenvalue weighted by Gasteiger charge is 2.20. The molecule has 0 aliphatic carbocycles. The van der Waals surface area contributed by atoms with Gasteiger partial charge in [0.1, 0.15) is 0 Å². The normalized spacial score (nSPS) is 15.8. The molecule has 2 aromatic heterocycles. The van der Waals surface area contributed by atoms with Gasteiger partial charge in [-0.05, 0) is 19.1 Å². The van der Waals surface area contributed by atoms with Crippen LogP contribution in [0.4, 0.5) is 5.13 Å². The maximum Gasteiger partial charge on any atom is 0.214 e. The van der Waals surface area contributed by atoms with E-state index in [2.05, 4.69) is 9.80 Å². The third-order valence-electron chi connectivity index (χ3n) is 4.57. The largest absolute Gasteiger partial charge is 0.380 e. The molecule has 26 heavy (non-hydrogen) atoms. The molecule has 0 radical (unpaired) electrons. The van der Waals surface area contributed by atoms with E-state index < -0.39 is 0 Å². The summed E-state index contributed by atoms with van der Waals surface area (Å²) >= 11 is 7.60. The average Bonchev–Trinajstić information content (AvgIpc) is 3.22. The van der Waals surface area contributed by atoms with Crippen LogP contribution in [0.25, 0.3) is 16.2 Å². The summed E-state index contributed by atoms with van der Waals surface area (Å²) in [4.78, 5) is 10.4. The molecule has 1 aliphatic rings. The fourth-order valence-electron chi connectivity index (χ4n) is 3.08. The highest BCUT2D eigenvalue weighted by molar-refractivity contribution is 7.20. The van der Waals surface area contributed by atoms with Gasteiger partial charge in [-0.3, -0.25) is 4.90 Å². The van der Waals surface area contributed by atoms with Crippen molar-refractivity contribution in [2.75, 3.05) is 50.8 Å². The number of imidazole rings is 1. The number of rotatable bonds is 6. The highest BCUT2D eigenvalue weighted by Crippen LogP contribution is 2.27. The van der Waals surface area contributed by atoms with Crippen molar-refractivity contribution in [1.29, 1.82) is 0 Å². The summed E-state index contributed by atoms with van der Waals surface area (Å²) in [5, 5.41) is 6.50. The topological polar surface area (TPSA) is 45.9 Å². The average molecular weight is 392 g/mol. The molecule has 0 amide bonds. The molecule has 6 nitrogen and oxygen atoms in total. The number of aromatic nitrogens is 3. The monoisotopic (exact) mass is 391 g/mol. The first-order chi connectivity index (χ1) is 12.7. The molecule has 1 aliphatic heterocycles. The lowest BCUT2D eigenvalue weighted by atomic mass is 10.2. The van der Waals surface area contributed by atoms with Crippen LogP contribution in [-0.2, 0) is 4.74 Å². The van der Waals surface area contributed by atoms with Gasteiger partial charge in [0.05, 0.1) is 18.5 Å². The standard InChI is InChI=1S/C18H22ClN5OS/c1-2-25-12-11-22-7-9-23(10-8-22)18-21-24-13-16(20-17(24)26-18)14-3-5-15(19)6-4-14/h3-6,13H,2,7-12H2,1H3. The molecule has 1 saturated heterocycles. The molecule has 3 aromatic rings. The Kier molecular flexibility index (Phi) is 5.40. The number of anilines is 1. The number of fused-ring (bicyclic) bond motifs is 1. The number of benzene rings is 1. The Morgan fingerprint density at radius 3 is 2.62 bits per heavy atom. The Morgan fingerprint density at radius 1 is 1.15 bits per heavy atom. The van der Waals surface area contributed by atoms with Gasteiger partial charge in [-0.1, -0.05) is 35.1 Å². The van der Waals surface area contributed by atoms with E-state index in [4.69, 9.17) is 26.4 Å². The molecule has 0 saturated carbocycles. The smallest absolute Gasteiger partial charge is 0.214 e. The Hall–Kier alpha value is -1.67. The second-order valence-corrected chi connectivity index (χ2v) is 7.64. The minimum atomic E-state index is 0.732. The van der Waals surface area contributed by atoms with Gasteiger partial charge in [0.15, 0.2) is 0 Å². The third-order valence-corrected chi connectivity index (χ3v) is 5.81. The zero-order valence-corrected chi connectivity index (χ0v) is 16.3. The minimum absolute atomic E-state index is 0.732. The summed E-state index contributed by atoms with van der Waals surface area (Å²) < 4.78 is 7.33. The number of nitrogens with zero attached hydrogens (tertiary/aromatic N) is 5. The van der Waals surface area contributed by atoms with Crippen molar-refractivity contribution in [3.05, 3.63) is 35.5 Å².